The lowest BCUT2D eigenvalue weighted by Gasteiger charge is -2.33. The van der Waals surface area contributed by atoms with E-state index in [2.05, 4.69) is 63.0 Å². The van der Waals surface area contributed by atoms with Crippen molar-refractivity contribution >= 4 is 49.4 Å². The number of hydrogen-bond donors (Lipinski definition) is 0. The average molecular weight is 518 g/mol. The Bertz CT molecular complexity index is 1030. The minimum atomic E-state index is -0.362. The highest BCUT2D eigenvalue weighted by Crippen LogP contribution is 2.47. The normalized spacial score (nSPS) is 18.5. The molecule has 0 unspecified atom stereocenters. The standard InChI is InChI=1S/C23H18Br2O2S/c1-13-8-10-16(11-9-13)28-23-20(26)17-12-18(24)14(2)19(25)22(17)27-21(23)15-6-4-3-5-7-15/h3-12,21,23H,1-2H3/t21-,23+/m1/s1. The van der Waals surface area contributed by atoms with E-state index in [-0.39, 0.29) is 17.1 Å². The van der Waals surface area contributed by atoms with E-state index in [1.165, 1.54) is 5.56 Å². The molecule has 1 aliphatic heterocycles. The van der Waals surface area contributed by atoms with Gasteiger partial charge in [-0.1, -0.05) is 64.0 Å². The van der Waals surface area contributed by atoms with Crippen LogP contribution in [0.15, 0.2) is 74.5 Å². The van der Waals surface area contributed by atoms with Gasteiger partial charge in [0.15, 0.2) is 5.78 Å². The van der Waals surface area contributed by atoms with E-state index in [9.17, 15) is 4.79 Å². The zero-order chi connectivity index (χ0) is 19.8. The summed E-state index contributed by atoms with van der Waals surface area (Å²) in [5, 5.41) is -0.362. The van der Waals surface area contributed by atoms with Crippen LogP contribution in [0.3, 0.4) is 0 Å². The third-order valence-electron chi connectivity index (χ3n) is 4.86. The number of rotatable bonds is 3. The number of aryl methyl sites for hydroxylation is 1. The predicted molar refractivity (Wildman–Crippen MR) is 122 cm³/mol. The molecule has 3 aromatic rings. The largest absolute Gasteiger partial charge is 0.482 e. The smallest absolute Gasteiger partial charge is 0.184 e. The van der Waals surface area contributed by atoms with Gasteiger partial charge in [-0.05, 0) is 59.1 Å². The monoisotopic (exact) mass is 516 g/mol. The number of ketones is 1. The Kier molecular flexibility index (Phi) is 5.68. The molecule has 1 heterocycles. The number of Topliss-reactive ketones (excluding diaryl/α,β-unsaturated/α-hetero) is 1. The fourth-order valence-electron chi connectivity index (χ4n) is 3.24. The summed E-state index contributed by atoms with van der Waals surface area (Å²) in [6.07, 6.45) is -0.357. The zero-order valence-electron chi connectivity index (χ0n) is 15.4. The molecule has 142 valence electrons. The van der Waals surface area contributed by atoms with Crippen LogP contribution in [-0.2, 0) is 0 Å². The van der Waals surface area contributed by atoms with Crippen molar-refractivity contribution in [2.75, 3.05) is 0 Å². The Labute approximate surface area is 185 Å². The molecule has 4 rings (SSSR count). The summed E-state index contributed by atoms with van der Waals surface area (Å²) in [6.45, 7) is 4.05. The molecule has 0 saturated heterocycles. The molecule has 3 aromatic carbocycles. The first-order valence-electron chi connectivity index (χ1n) is 8.93. The Morgan fingerprint density at radius 2 is 1.64 bits per heavy atom. The molecule has 0 N–H and O–H groups in total. The Morgan fingerprint density at radius 1 is 0.964 bits per heavy atom. The molecular formula is C23H18Br2O2S. The molecule has 28 heavy (non-hydrogen) atoms. The Balaban J connectivity index is 1.81. The van der Waals surface area contributed by atoms with Gasteiger partial charge in [-0.25, -0.2) is 0 Å². The minimum absolute atomic E-state index is 0.0853. The van der Waals surface area contributed by atoms with Gasteiger partial charge in [-0.2, -0.15) is 0 Å². The van der Waals surface area contributed by atoms with Crippen LogP contribution < -0.4 is 4.74 Å². The molecule has 0 bridgehead atoms. The first-order chi connectivity index (χ1) is 13.5. The van der Waals surface area contributed by atoms with Gasteiger partial charge in [0.2, 0.25) is 0 Å². The van der Waals surface area contributed by atoms with Crippen molar-refractivity contribution in [1.82, 2.24) is 0 Å². The van der Waals surface area contributed by atoms with E-state index in [0.717, 1.165) is 25.0 Å². The van der Waals surface area contributed by atoms with Crippen LogP contribution in [0.2, 0.25) is 0 Å². The van der Waals surface area contributed by atoms with Crippen LogP contribution in [0.25, 0.3) is 0 Å². The van der Waals surface area contributed by atoms with Gasteiger partial charge in [0.1, 0.15) is 17.1 Å². The maximum absolute atomic E-state index is 13.5. The van der Waals surface area contributed by atoms with Crippen molar-refractivity contribution in [1.29, 1.82) is 0 Å². The molecule has 0 aliphatic carbocycles. The van der Waals surface area contributed by atoms with Crippen LogP contribution in [0.4, 0.5) is 0 Å². The third-order valence-corrected chi connectivity index (χ3v) is 7.90. The number of thioether (sulfide) groups is 1. The van der Waals surface area contributed by atoms with E-state index in [1.807, 2.05) is 43.3 Å². The Hall–Kier alpha value is -1.56. The van der Waals surface area contributed by atoms with E-state index in [0.29, 0.717) is 11.3 Å². The summed E-state index contributed by atoms with van der Waals surface area (Å²) in [5.74, 6) is 0.711. The second kappa shape index (κ2) is 8.05. The van der Waals surface area contributed by atoms with Crippen molar-refractivity contribution in [2.45, 2.75) is 30.1 Å². The summed E-state index contributed by atoms with van der Waals surface area (Å²) < 4.78 is 8.17. The topological polar surface area (TPSA) is 26.3 Å². The van der Waals surface area contributed by atoms with Crippen molar-refractivity contribution in [3.05, 3.63) is 91.9 Å². The molecule has 0 fully saturated rings. The summed E-state index contributed by atoms with van der Waals surface area (Å²) >= 11 is 8.75. The van der Waals surface area contributed by atoms with Crippen molar-refractivity contribution in [3.8, 4) is 5.75 Å². The van der Waals surface area contributed by atoms with Gasteiger partial charge in [-0.3, -0.25) is 4.79 Å². The number of hydrogen-bond acceptors (Lipinski definition) is 3. The zero-order valence-corrected chi connectivity index (χ0v) is 19.4. The predicted octanol–water partition coefficient (Wildman–Crippen LogP) is 7.31. The average Bonchev–Trinajstić information content (AvgIpc) is 2.71. The third kappa shape index (κ3) is 3.68. The number of fused-ring (bicyclic) bond motifs is 1. The van der Waals surface area contributed by atoms with E-state index >= 15 is 0 Å². The highest BCUT2D eigenvalue weighted by Gasteiger charge is 2.40. The molecule has 0 radical (unpaired) electrons. The van der Waals surface area contributed by atoms with Gasteiger partial charge in [-0.15, -0.1) is 11.8 Å². The highest BCUT2D eigenvalue weighted by atomic mass is 79.9. The lowest BCUT2D eigenvalue weighted by atomic mass is 9.95. The summed E-state index contributed by atoms with van der Waals surface area (Å²) in [7, 11) is 0. The fraction of sp³-hybridized carbons (Fsp3) is 0.174. The molecule has 0 aromatic heterocycles. The van der Waals surface area contributed by atoms with Crippen LogP contribution in [0.1, 0.15) is 33.2 Å². The second-order valence-electron chi connectivity index (χ2n) is 6.84. The van der Waals surface area contributed by atoms with E-state index in [4.69, 9.17) is 4.74 Å². The lowest BCUT2D eigenvalue weighted by Crippen LogP contribution is -2.34. The number of benzene rings is 3. The van der Waals surface area contributed by atoms with Crippen LogP contribution in [0.5, 0.6) is 5.75 Å². The molecule has 0 amide bonds. The SMILES string of the molecule is Cc1ccc(S[C@H]2C(=O)c3cc(Br)c(C)c(Br)c3O[C@@H]2c2ccccc2)cc1. The lowest BCUT2D eigenvalue weighted by molar-refractivity contribution is 0.0865. The second-order valence-corrected chi connectivity index (χ2v) is 9.70. The molecular weight excluding hydrogens is 500 g/mol. The van der Waals surface area contributed by atoms with Gasteiger partial charge < -0.3 is 4.74 Å². The summed E-state index contributed by atoms with van der Waals surface area (Å²) in [4.78, 5) is 14.6. The highest BCUT2D eigenvalue weighted by molar-refractivity contribution is 9.11. The van der Waals surface area contributed by atoms with Gasteiger partial charge in [0.05, 0.1) is 10.0 Å². The van der Waals surface area contributed by atoms with Crippen molar-refractivity contribution in [2.24, 2.45) is 0 Å². The molecule has 1 aliphatic rings. The Morgan fingerprint density at radius 3 is 2.32 bits per heavy atom. The van der Waals surface area contributed by atoms with Crippen molar-refractivity contribution in [3.63, 3.8) is 0 Å². The van der Waals surface area contributed by atoms with Crippen LogP contribution >= 0.6 is 43.6 Å². The number of ether oxygens (including phenoxy) is 1. The molecule has 0 saturated carbocycles. The maximum atomic E-state index is 13.5. The van der Waals surface area contributed by atoms with Gasteiger partial charge in [0, 0.05) is 9.37 Å². The number of carbonyl (C=O) groups is 1. The first-order valence-corrected chi connectivity index (χ1v) is 11.4. The molecule has 5 heteroatoms. The summed E-state index contributed by atoms with van der Waals surface area (Å²) in [5.41, 5.74) is 3.83. The van der Waals surface area contributed by atoms with Gasteiger partial charge in [0.25, 0.3) is 0 Å². The van der Waals surface area contributed by atoms with E-state index < -0.39 is 0 Å². The van der Waals surface area contributed by atoms with Crippen LogP contribution in [-0.4, -0.2) is 11.0 Å². The quantitative estimate of drug-likeness (QED) is 0.364. The van der Waals surface area contributed by atoms with Gasteiger partial charge >= 0.3 is 0 Å². The number of carbonyl (C=O) groups excluding carboxylic acids is 1. The fourth-order valence-corrected chi connectivity index (χ4v) is 5.61. The molecule has 0 spiro atoms. The van der Waals surface area contributed by atoms with Crippen molar-refractivity contribution < 1.29 is 9.53 Å². The number of halogens is 2. The molecule has 2 atom stereocenters. The molecule has 2 nitrogen and oxygen atoms in total. The summed E-state index contributed by atoms with van der Waals surface area (Å²) in [6, 6.07) is 20.1. The minimum Gasteiger partial charge on any atom is -0.482 e. The maximum Gasteiger partial charge on any atom is 0.184 e. The van der Waals surface area contributed by atoms with Crippen LogP contribution in [0, 0.1) is 13.8 Å². The first kappa shape index (κ1) is 19.7. The van der Waals surface area contributed by atoms with E-state index in [1.54, 1.807) is 11.8 Å².